The Balaban J connectivity index is 1.26. The molecule has 0 radical (unpaired) electrons. The van der Waals surface area contributed by atoms with E-state index in [1.807, 2.05) is 62.4 Å². The number of nitrogens with zero attached hydrogens (tertiary/aromatic N) is 3. The van der Waals surface area contributed by atoms with Crippen molar-refractivity contribution in [2.45, 2.75) is 13.8 Å². The van der Waals surface area contributed by atoms with Gasteiger partial charge in [0.05, 0.1) is 6.26 Å². The van der Waals surface area contributed by atoms with Crippen LogP contribution in [0, 0.1) is 13.8 Å². The summed E-state index contributed by atoms with van der Waals surface area (Å²) in [6, 6.07) is 18.9. The molecule has 8 heteroatoms. The summed E-state index contributed by atoms with van der Waals surface area (Å²) >= 11 is 0. The first-order chi connectivity index (χ1) is 17.5. The van der Waals surface area contributed by atoms with Crippen molar-refractivity contribution in [3.63, 3.8) is 0 Å². The Labute approximate surface area is 209 Å². The number of hydrogen-bond donors (Lipinski definition) is 1. The summed E-state index contributed by atoms with van der Waals surface area (Å²) in [7, 11) is 0. The van der Waals surface area contributed by atoms with Crippen LogP contribution in [0.15, 0.2) is 71.3 Å². The molecule has 2 aromatic heterocycles. The zero-order valence-electron chi connectivity index (χ0n) is 20.4. The highest BCUT2D eigenvalue weighted by atomic mass is 16.5. The number of nitrogens with one attached hydrogen (secondary N) is 1. The molecule has 0 atom stereocenters. The molecule has 1 aliphatic heterocycles. The fourth-order valence-corrected chi connectivity index (χ4v) is 4.31. The third kappa shape index (κ3) is 4.88. The summed E-state index contributed by atoms with van der Waals surface area (Å²) in [6.45, 7) is 6.35. The highest BCUT2D eigenvalue weighted by molar-refractivity contribution is 5.93. The van der Waals surface area contributed by atoms with Crippen molar-refractivity contribution in [3.05, 3.63) is 83.8 Å². The number of furan rings is 1. The summed E-state index contributed by atoms with van der Waals surface area (Å²) in [6.07, 6.45) is 1.51. The molecule has 1 fully saturated rings. The molecule has 0 bridgehead atoms. The third-order valence-electron chi connectivity index (χ3n) is 6.53. The molecule has 2 amide bonds. The summed E-state index contributed by atoms with van der Waals surface area (Å²) < 4.78 is 11.1. The van der Waals surface area contributed by atoms with Gasteiger partial charge in [-0.2, -0.15) is 0 Å². The minimum Gasteiger partial charge on any atom is -0.481 e. The van der Waals surface area contributed by atoms with Gasteiger partial charge in [-0.25, -0.2) is 4.98 Å². The van der Waals surface area contributed by atoms with Gasteiger partial charge < -0.3 is 24.3 Å². The molecule has 4 aromatic rings. The number of anilines is 2. The number of pyridine rings is 1. The molecule has 184 valence electrons. The lowest BCUT2D eigenvalue weighted by molar-refractivity contribution is -0.118. The number of para-hydroxylation sites is 1. The molecule has 2 aromatic carbocycles. The first-order valence-corrected chi connectivity index (χ1v) is 12.0. The number of amides is 2. The number of aryl methyl sites for hydroxylation is 1. The Morgan fingerprint density at radius 3 is 2.56 bits per heavy atom. The van der Waals surface area contributed by atoms with E-state index in [1.54, 1.807) is 17.0 Å². The minimum absolute atomic E-state index is 0.0964. The number of piperazine rings is 1. The van der Waals surface area contributed by atoms with Gasteiger partial charge in [0, 0.05) is 37.3 Å². The number of hydrogen-bond acceptors (Lipinski definition) is 6. The van der Waals surface area contributed by atoms with E-state index in [0.717, 1.165) is 28.0 Å². The van der Waals surface area contributed by atoms with Crippen LogP contribution in [0.1, 0.15) is 21.7 Å². The van der Waals surface area contributed by atoms with Crippen LogP contribution >= 0.6 is 0 Å². The first-order valence-electron chi connectivity index (χ1n) is 12.0. The molecule has 1 saturated heterocycles. The molecule has 5 rings (SSSR count). The Hall–Kier alpha value is -4.33. The Kier molecular flexibility index (Phi) is 6.58. The largest absolute Gasteiger partial charge is 0.481 e. The molecule has 36 heavy (non-hydrogen) atoms. The lowest BCUT2D eigenvalue weighted by Gasteiger charge is -2.35. The van der Waals surface area contributed by atoms with Crippen LogP contribution in [0.4, 0.5) is 11.5 Å². The maximum absolute atomic E-state index is 12.6. The van der Waals surface area contributed by atoms with Crippen LogP contribution in [0.2, 0.25) is 0 Å². The molecule has 0 spiro atoms. The average molecular weight is 485 g/mol. The van der Waals surface area contributed by atoms with Gasteiger partial charge in [-0.3, -0.25) is 9.59 Å². The molecule has 3 heterocycles. The lowest BCUT2D eigenvalue weighted by Crippen LogP contribution is -2.49. The van der Waals surface area contributed by atoms with E-state index in [9.17, 15) is 9.59 Å². The van der Waals surface area contributed by atoms with Crippen molar-refractivity contribution in [3.8, 4) is 5.75 Å². The second-order valence-corrected chi connectivity index (χ2v) is 8.84. The smallest absolute Gasteiger partial charge is 0.289 e. The van der Waals surface area contributed by atoms with Crippen molar-refractivity contribution in [2.24, 2.45) is 0 Å². The standard InChI is InChI=1S/C28H28N4O4/c1-19-6-3-8-22(20(19)2)29-26(33)18-36-23-9-4-7-21-11-12-25(30-27(21)23)31-13-15-32(16-14-31)28(34)24-10-5-17-35-24/h3-12,17H,13-16,18H2,1-2H3,(H,29,33). The predicted molar refractivity (Wildman–Crippen MR) is 139 cm³/mol. The minimum atomic E-state index is -0.228. The van der Waals surface area contributed by atoms with E-state index in [1.165, 1.54) is 6.26 Å². The quantitative estimate of drug-likeness (QED) is 0.436. The Bertz CT molecular complexity index is 1390. The van der Waals surface area contributed by atoms with Gasteiger partial charge in [0.1, 0.15) is 17.1 Å². The number of benzene rings is 2. The summed E-state index contributed by atoms with van der Waals surface area (Å²) in [5.41, 5.74) is 3.63. The average Bonchev–Trinajstić information content (AvgIpc) is 3.45. The Morgan fingerprint density at radius 2 is 1.78 bits per heavy atom. The third-order valence-corrected chi connectivity index (χ3v) is 6.53. The molecule has 1 N–H and O–H groups in total. The van der Waals surface area contributed by atoms with Crippen LogP contribution in [-0.2, 0) is 4.79 Å². The second-order valence-electron chi connectivity index (χ2n) is 8.84. The van der Waals surface area contributed by atoms with Crippen molar-refractivity contribution in [2.75, 3.05) is 43.0 Å². The van der Waals surface area contributed by atoms with E-state index in [4.69, 9.17) is 14.1 Å². The fraction of sp³-hybridized carbons (Fsp3) is 0.250. The molecular formula is C28H28N4O4. The van der Waals surface area contributed by atoms with Crippen molar-refractivity contribution in [1.29, 1.82) is 0 Å². The van der Waals surface area contributed by atoms with E-state index in [-0.39, 0.29) is 18.4 Å². The Morgan fingerprint density at radius 1 is 0.972 bits per heavy atom. The summed E-state index contributed by atoms with van der Waals surface area (Å²) in [5, 5.41) is 3.85. The number of aromatic nitrogens is 1. The highest BCUT2D eigenvalue weighted by Crippen LogP contribution is 2.27. The zero-order chi connectivity index (χ0) is 25.1. The predicted octanol–water partition coefficient (Wildman–Crippen LogP) is 4.42. The van der Waals surface area contributed by atoms with Crippen molar-refractivity contribution < 1.29 is 18.7 Å². The molecule has 1 aliphatic rings. The van der Waals surface area contributed by atoms with Gasteiger partial charge in [0.25, 0.3) is 11.8 Å². The van der Waals surface area contributed by atoms with Crippen LogP contribution in [0.3, 0.4) is 0 Å². The summed E-state index contributed by atoms with van der Waals surface area (Å²) in [5.74, 6) is 1.39. The maximum Gasteiger partial charge on any atom is 0.289 e. The van der Waals surface area contributed by atoms with Crippen LogP contribution in [0.25, 0.3) is 10.9 Å². The topological polar surface area (TPSA) is 87.9 Å². The number of carbonyl (C=O) groups excluding carboxylic acids is 2. The van der Waals surface area contributed by atoms with Gasteiger partial charge in [-0.1, -0.05) is 24.3 Å². The van der Waals surface area contributed by atoms with Crippen molar-refractivity contribution in [1.82, 2.24) is 9.88 Å². The van der Waals surface area contributed by atoms with Gasteiger partial charge >= 0.3 is 0 Å². The normalized spacial score (nSPS) is 13.6. The van der Waals surface area contributed by atoms with Crippen molar-refractivity contribution >= 4 is 34.2 Å². The number of carbonyl (C=O) groups is 2. The van der Waals surface area contributed by atoms with Gasteiger partial charge in [0.15, 0.2) is 12.4 Å². The van der Waals surface area contributed by atoms with E-state index in [2.05, 4.69) is 10.2 Å². The molecule has 0 saturated carbocycles. The van der Waals surface area contributed by atoms with Crippen LogP contribution in [-0.4, -0.2) is 54.5 Å². The number of fused-ring (bicyclic) bond motifs is 1. The molecular weight excluding hydrogens is 456 g/mol. The lowest BCUT2D eigenvalue weighted by atomic mass is 10.1. The first kappa shape index (κ1) is 23.4. The molecule has 0 unspecified atom stereocenters. The second kappa shape index (κ2) is 10.1. The van der Waals surface area contributed by atoms with E-state index >= 15 is 0 Å². The zero-order valence-corrected chi connectivity index (χ0v) is 20.4. The van der Waals surface area contributed by atoms with Crippen LogP contribution < -0.4 is 15.0 Å². The maximum atomic E-state index is 12.6. The highest BCUT2D eigenvalue weighted by Gasteiger charge is 2.24. The van der Waals surface area contributed by atoms with E-state index in [0.29, 0.717) is 43.2 Å². The van der Waals surface area contributed by atoms with E-state index < -0.39 is 0 Å². The van der Waals surface area contributed by atoms with Gasteiger partial charge in [-0.15, -0.1) is 0 Å². The number of ether oxygens (including phenoxy) is 1. The van der Waals surface area contributed by atoms with Gasteiger partial charge in [0.2, 0.25) is 0 Å². The monoisotopic (exact) mass is 484 g/mol. The van der Waals surface area contributed by atoms with Crippen LogP contribution in [0.5, 0.6) is 5.75 Å². The fourth-order valence-electron chi connectivity index (χ4n) is 4.31. The molecule has 0 aliphatic carbocycles. The summed E-state index contributed by atoms with van der Waals surface area (Å²) in [4.78, 5) is 33.9. The van der Waals surface area contributed by atoms with Gasteiger partial charge in [-0.05, 0) is 61.4 Å². The number of rotatable bonds is 6. The molecule has 8 nitrogen and oxygen atoms in total. The SMILES string of the molecule is Cc1cccc(NC(=O)COc2cccc3ccc(N4CCN(C(=O)c5ccco5)CC4)nc23)c1C.